The number of esters is 1. The lowest BCUT2D eigenvalue weighted by Gasteiger charge is -2.60. The number of aliphatic hydroxyl groups is 3. The van der Waals surface area contributed by atoms with Crippen LogP contribution >= 0.6 is 0 Å². The average Bonchev–Trinajstić information content (AvgIpc) is 3.39. The van der Waals surface area contributed by atoms with Gasteiger partial charge in [-0.2, -0.15) is 0 Å². The minimum Gasteiger partial charge on any atom is -0.465 e. The Morgan fingerprint density at radius 2 is 1.76 bits per heavy atom. The van der Waals surface area contributed by atoms with Gasteiger partial charge in [-0.05, 0) is 104 Å². The minimum atomic E-state index is -1.58. The second-order valence-electron chi connectivity index (χ2n) is 15.8. The van der Waals surface area contributed by atoms with Crippen molar-refractivity contribution in [1.82, 2.24) is 0 Å². The van der Waals surface area contributed by atoms with Crippen molar-refractivity contribution in [3.63, 3.8) is 0 Å². The fourth-order valence-electron chi connectivity index (χ4n) is 10.7. The number of hydrogen-bond acceptors (Lipinski definition) is 7. The molecule has 42 heavy (non-hydrogen) atoms. The first-order valence-corrected chi connectivity index (χ1v) is 16.2. The van der Waals surface area contributed by atoms with Crippen molar-refractivity contribution >= 4 is 17.5 Å². The maximum atomic E-state index is 13.4. The standard InChI is InChI=1S/C21H32O5.C14H20O2/c1-19-7-5-13(23)9-12(19)3-4-14-15-6-8-21(26,17(25)11-22)20(15,2)10-16(24)18(14)19;1-9-5-10-7-14(2,3)8-12(10)11(6-9)13(15)16-4/h12-15,18,22-23,26H,3-11H2,1-2H3;6,8-10H,5,7H2,1-4H3/t12-,13-,14+,15+,18-,19+,20+,21+;/m1./s1. The Balaban J connectivity index is 0.000000189. The molecule has 0 bridgehead atoms. The molecule has 4 fully saturated rings. The van der Waals surface area contributed by atoms with Crippen LogP contribution in [0.1, 0.15) is 98.8 Å². The molecule has 0 saturated heterocycles. The van der Waals surface area contributed by atoms with Crippen LogP contribution in [-0.2, 0) is 19.1 Å². The highest BCUT2D eigenvalue weighted by molar-refractivity contribution is 5.94. The summed E-state index contributed by atoms with van der Waals surface area (Å²) in [4.78, 5) is 37.5. The molecule has 0 aromatic heterocycles. The zero-order valence-electron chi connectivity index (χ0n) is 26.4. The van der Waals surface area contributed by atoms with E-state index in [1.54, 1.807) is 0 Å². The predicted molar refractivity (Wildman–Crippen MR) is 159 cm³/mol. The van der Waals surface area contributed by atoms with E-state index in [1.807, 2.05) is 6.92 Å². The number of ether oxygens (including phenoxy) is 1. The van der Waals surface area contributed by atoms with Crippen LogP contribution in [-0.4, -0.2) is 58.3 Å². The zero-order valence-corrected chi connectivity index (χ0v) is 26.4. The molecule has 234 valence electrons. The fraction of sp³-hybridized carbons (Fsp3) is 0.800. The van der Waals surface area contributed by atoms with Crippen LogP contribution in [0.4, 0.5) is 0 Å². The summed E-state index contributed by atoms with van der Waals surface area (Å²) in [6.07, 6.45) is 12.1. The van der Waals surface area contributed by atoms with Gasteiger partial charge in [0.05, 0.1) is 18.8 Å². The third-order valence-corrected chi connectivity index (χ3v) is 12.7. The molecule has 10 atom stereocenters. The van der Waals surface area contributed by atoms with Gasteiger partial charge in [-0.3, -0.25) is 9.59 Å². The fourth-order valence-corrected chi connectivity index (χ4v) is 10.7. The van der Waals surface area contributed by atoms with E-state index in [0.717, 1.165) is 56.9 Å². The monoisotopic (exact) mass is 584 g/mol. The quantitative estimate of drug-likeness (QED) is 0.401. The predicted octanol–water partition coefficient (Wildman–Crippen LogP) is 4.96. The molecule has 2 unspecified atom stereocenters. The highest BCUT2D eigenvalue weighted by Crippen LogP contribution is 2.67. The summed E-state index contributed by atoms with van der Waals surface area (Å²) in [5, 5.41) is 30.6. The molecule has 0 spiro atoms. The van der Waals surface area contributed by atoms with E-state index in [-0.39, 0.29) is 52.9 Å². The van der Waals surface area contributed by atoms with Crippen LogP contribution in [0.2, 0.25) is 0 Å². The molecule has 6 aliphatic carbocycles. The maximum absolute atomic E-state index is 13.4. The van der Waals surface area contributed by atoms with Crippen molar-refractivity contribution in [2.75, 3.05) is 13.7 Å². The summed E-state index contributed by atoms with van der Waals surface area (Å²) in [5.41, 5.74) is -0.165. The molecule has 0 heterocycles. The van der Waals surface area contributed by atoms with E-state index < -0.39 is 23.4 Å². The Hall–Kier alpha value is -1.83. The summed E-state index contributed by atoms with van der Waals surface area (Å²) in [6, 6.07) is 0. The molecule has 4 saturated carbocycles. The number of methoxy groups -OCH3 is 1. The first kappa shape index (κ1) is 31.6. The number of allylic oxidation sites excluding steroid dienone is 2. The van der Waals surface area contributed by atoms with Gasteiger partial charge < -0.3 is 20.1 Å². The third-order valence-electron chi connectivity index (χ3n) is 12.7. The van der Waals surface area contributed by atoms with Crippen molar-refractivity contribution in [3.05, 3.63) is 23.3 Å². The number of carbonyl (C=O) groups is 3. The van der Waals surface area contributed by atoms with Crippen LogP contribution < -0.4 is 0 Å². The van der Waals surface area contributed by atoms with Gasteiger partial charge in [0.1, 0.15) is 18.0 Å². The number of hydrogen-bond donors (Lipinski definition) is 3. The second kappa shape index (κ2) is 11.0. The van der Waals surface area contributed by atoms with E-state index in [4.69, 9.17) is 4.74 Å². The third kappa shape index (κ3) is 4.95. The summed E-state index contributed by atoms with van der Waals surface area (Å²) in [6.45, 7) is 10.1. The number of fused-ring (bicyclic) bond motifs is 6. The Morgan fingerprint density at radius 3 is 2.43 bits per heavy atom. The van der Waals surface area contributed by atoms with E-state index in [1.165, 1.54) is 12.7 Å². The van der Waals surface area contributed by atoms with E-state index in [0.29, 0.717) is 24.2 Å². The Morgan fingerprint density at radius 1 is 1.05 bits per heavy atom. The summed E-state index contributed by atoms with van der Waals surface area (Å²) in [5.74, 6) is 1.22. The second-order valence-corrected chi connectivity index (χ2v) is 15.8. The molecule has 3 N–H and O–H groups in total. The summed E-state index contributed by atoms with van der Waals surface area (Å²) in [7, 11) is 1.46. The topological polar surface area (TPSA) is 121 Å². The lowest BCUT2D eigenvalue weighted by Crippen LogP contribution is -2.62. The largest absolute Gasteiger partial charge is 0.465 e. The van der Waals surface area contributed by atoms with Gasteiger partial charge in [0.15, 0.2) is 5.78 Å². The van der Waals surface area contributed by atoms with Crippen LogP contribution in [0.15, 0.2) is 23.3 Å². The number of Topliss-reactive ketones (excluding diaryl/α,β-unsaturated/α-hetero) is 2. The van der Waals surface area contributed by atoms with Crippen LogP contribution in [0.3, 0.4) is 0 Å². The van der Waals surface area contributed by atoms with Gasteiger partial charge in [-0.15, -0.1) is 0 Å². The Bertz CT molecular complexity index is 1180. The molecule has 0 aromatic carbocycles. The van der Waals surface area contributed by atoms with Crippen LogP contribution in [0.25, 0.3) is 0 Å². The number of aliphatic hydroxyl groups excluding tert-OH is 2. The maximum Gasteiger partial charge on any atom is 0.337 e. The first-order valence-electron chi connectivity index (χ1n) is 16.2. The van der Waals surface area contributed by atoms with Crippen LogP contribution in [0, 0.1) is 51.8 Å². The van der Waals surface area contributed by atoms with Gasteiger partial charge in [-0.25, -0.2) is 4.79 Å². The molecule has 0 radical (unpaired) electrons. The van der Waals surface area contributed by atoms with Crippen molar-refractivity contribution in [2.45, 2.75) is 111 Å². The smallest absolute Gasteiger partial charge is 0.337 e. The molecule has 7 heteroatoms. The summed E-state index contributed by atoms with van der Waals surface area (Å²) < 4.78 is 4.87. The number of rotatable bonds is 3. The average molecular weight is 585 g/mol. The van der Waals surface area contributed by atoms with Gasteiger partial charge in [0.2, 0.25) is 0 Å². The van der Waals surface area contributed by atoms with Crippen LogP contribution in [0.5, 0.6) is 0 Å². The van der Waals surface area contributed by atoms with Gasteiger partial charge in [0.25, 0.3) is 0 Å². The molecule has 6 aliphatic rings. The van der Waals surface area contributed by atoms with E-state index in [2.05, 4.69) is 39.8 Å². The SMILES string of the molecule is COC(=O)C1=CC(C)CC2CC(C)(C)C=C12.C[C@]12CC[C@@H](O)C[C@H]1CC[C@@H]1[C@@H]2C(=O)C[C@@]2(C)[C@H]1CC[C@]2(O)C(=O)CO. The van der Waals surface area contributed by atoms with Crippen molar-refractivity contribution in [3.8, 4) is 0 Å². The molecular weight excluding hydrogens is 532 g/mol. The lowest BCUT2D eigenvalue weighted by atomic mass is 9.44. The molecule has 0 amide bonds. The molecule has 0 aliphatic heterocycles. The zero-order chi connectivity index (χ0) is 30.8. The summed E-state index contributed by atoms with van der Waals surface area (Å²) >= 11 is 0. The highest BCUT2D eigenvalue weighted by atomic mass is 16.5. The number of carbonyl (C=O) groups excluding carboxylic acids is 3. The van der Waals surface area contributed by atoms with Gasteiger partial charge in [-0.1, -0.05) is 46.8 Å². The normalized spacial score (nSPS) is 45.2. The molecule has 0 aromatic rings. The van der Waals surface area contributed by atoms with Crippen molar-refractivity contribution < 1.29 is 34.4 Å². The highest BCUT2D eigenvalue weighted by Gasteiger charge is 2.68. The van der Waals surface area contributed by atoms with Gasteiger partial charge in [0, 0.05) is 17.8 Å². The lowest BCUT2D eigenvalue weighted by molar-refractivity contribution is -0.180. The first-order chi connectivity index (χ1) is 19.6. The van der Waals surface area contributed by atoms with Crippen molar-refractivity contribution in [1.29, 1.82) is 0 Å². The number of ketones is 2. The molecule has 7 nitrogen and oxygen atoms in total. The molecule has 6 rings (SSSR count). The Kier molecular flexibility index (Phi) is 8.24. The van der Waals surface area contributed by atoms with E-state index >= 15 is 0 Å². The molecular formula is C35H52O7. The minimum absolute atomic E-state index is 0.0154. The van der Waals surface area contributed by atoms with E-state index in [9.17, 15) is 29.7 Å². The Labute approximate surface area is 251 Å². The van der Waals surface area contributed by atoms with Crippen molar-refractivity contribution in [2.24, 2.45) is 51.8 Å². The van der Waals surface area contributed by atoms with Gasteiger partial charge >= 0.3 is 5.97 Å².